The molecule has 0 atom stereocenters. The van der Waals surface area contributed by atoms with Crippen LogP contribution in [0, 0.1) is 6.92 Å². The van der Waals surface area contributed by atoms with Crippen molar-refractivity contribution in [1.82, 2.24) is 15.5 Å². The lowest BCUT2D eigenvalue weighted by Crippen LogP contribution is -2.23. The molecule has 4 nitrogen and oxygen atoms in total. The van der Waals surface area contributed by atoms with Gasteiger partial charge in [0.2, 0.25) is 0 Å². The number of aromatic nitrogens is 2. The highest BCUT2D eigenvalue weighted by Gasteiger charge is 2.15. The molecule has 3 rings (SSSR count). The van der Waals surface area contributed by atoms with Gasteiger partial charge in [0.05, 0.1) is 17.5 Å². The number of nitrogens with zero attached hydrogens (tertiary/aromatic N) is 1. The van der Waals surface area contributed by atoms with Gasteiger partial charge < -0.3 is 5.32 Å². The van der Waals surface area contributed by atoms with Gasteiger partial charge in [0.1, 0.15) is 0 Å². The molecule has 0 unspecified atom stereocenters. The van der Waals surface area contributed by atoms with Crippen LogP contribution in [0.5, 0.6) is 0 Å². The molecular weight excluding hydrogens is 310 g/mol. The Hall–Kier alpha value is -2.59. The molecule has 23 heavy (non-hydrogen) atoms. The zero-order valence-corrected chi connectivity index (χ0v) is 13.4. The number of amides is 1. The Morgan fingerprint density at radius 3 is 2.74 bits per heavy atom. The van der Waals surface area contributed by atoms with Crippen molar-refractivity contribution in [1.29, 1.82) is 0 Å². The van der Waals surface area contributed by atoms with Crippen LogP contribution in [0.25, 0.3) is 11.3 Å². The fourth-order valence-corrected chi connectivity index (χ4v) is 2.52. The Morgan fingerprint density at radius 2 is 2.00 bits per heavy atom. The van der Waals surface area contributed by atoms with Crippen molar-refractivity contribution in [2.75, 3.05) is 0 Å². The van der Waals surface area contributed by atoms with Gasteiger partial charge in [0.15, 0.2) is 0 Å². The summed E-state index contributed by atoms with van der Waals surface area (Å²) >= 11 is 5.90. The minimum Gasteiger partial charge on any atom is -0.348 e. The van der Waals surface area contributed by atoms with Crippen molar-refractivity contribution in [3.8, 4) is 11.3 Å². The quantitative estimate of drug-likeness (QED) is 0.762. The fourth-order valence-electron chi connectivity index (χ4n) is 2.39. The molecule has 0 fully saturated rings. The lowest BCUT2D eigenvalue weighted by Gasteiger charge is -2.07. The molecule has 0 bridgehead atoms. The van der Waals surface area contributed by atoms with E-state index in [1.807, 2.05) is 37.3 Å². The van der Waals surface area contributed by atoms with E-state index in [1.165, 1.54) is 11.8 Å². The van der Waals surface area contributed by atoms with E-state index < -0.39 is 0 Å². The Balaban J connectivity index is 1.76. The van der Waals surface area contributed by atoms with Gasteiger partial charge in [-0.15, -0.1) is 0 Å². The van der Waals surface area contributed by atoms with Crippen LogP contribution in [0.3, 0.4) is 0 Å². The largest absolute Gasteiger partial charge is 0.348 e. The molecule has 0 aliphatic rings. The third-order valence-corrected chi connectivity index (χ3v) is 3.80. The van der Waals surface area contributed by atoms with Crippen molar-refractivity contribution in [3.63, 3.8) is 0 Å². The molecule has 5 heteroatoms. The van der Waals surface area contributed by atoms with Crippen LogP contribution >= 0.6 is 11.6 Å². The number of hydrogen-bond acceptors (Lipinski definition) is 2. The van der Waals surface area contributed by atoms with Gasteiger partial charge >= 0.3 is 0 Å². The van der Waals surface area contributed by atoms with Crippen LogP contribution in [-0.4, -0.2) is 16.1 Å². The van der Waals surface area contributed by atoms with Gasteiger partial charge in [-0.2, -0.15) is 5.10 Å². The van der Waals surface area contributed by atoms with Crippen LogP contribution in [0.1, 0.15) is 21.5 Å². The number of rotatable bonds is 4. The molecule has 0 saturated heterocycles. The first-order chi connectivity index (χ1) is 11.1. The highest BCUT2D eigenvalue weighted by atomic mass is 35.5. The molecule has 1 amide bonds. The Morgan fingerprint density at radius 1 is 1.22 bits per heavy atom. The third kappa shape index (κ3) is 3.60. The lowest BCUT2D eigenvalue weighted by molar-refractivity contribution is 0.0951. The van der Waals surface area contributed by atoms with E-state index in [4.69, 9.17) is 11.6 Å². The molecule has 2 N–H and O–H groups in total. The molecule has 2 aromatic carbocycles. The van der Waals surface area contributed by atoms with Crippen molar-refractivity contribution in [3.05, 3.63) is 76.4 Å². The number of nitrogens with one attached hydrogen (secondary N) is 2. The van der Waals surface area contributed by atoms with Gasteiger partial charge in [-0.25, -0.2) is 0 Å². The maximum atomic E-state index is 12.4. The van der Waals surface area contributed by atoms with E-state index in [2.05, 4.69) is 21.6 Å². The molecule has 0 aliphatic heterocycles. The molecular formula is C18H16ClN3O. The minimum atomic E-state index is -0.162. The summed E-state index contributed by atoms with van der Waals surface area (Å²) in [6, 6.07) is 15.3. The first-order valence-corrected chi connectivity index (χ1v) is 7.64. The average molecular weight is 326 g/mol. The first kappa shape index (κ1) is 15.3. The summed E-state index contributed by atoms with van der Waals surface area (Å²) in [4.78, 5) is 12.4. The number of benzene rings is 2. The highest BCUT2D eigenvalue weighted by Crippen LogP contribution is 2.22. The lowest BCUT2D eigenvalue weighted by atomic mass is 10.1. The monoisotopic (exact) mass is 325 g/mol. The second-order valence-electron chi connectivity index (χ2n) is 5.34. The molecule has 116 valence electrons. The smallest absolute Gasteiger partial charge is 0.255 e. The normalized spacial score (nSPS) is 10.5. The number of H-pyrrole nitrogens is 1. The van der Waals surface area contributed by atoms with E-state index in [0.29, 0.717) is 22.8 Å². The first-order valence-electron chi connectivity index (χ1n) is 7.26. The van der Waals surface area contributed by atoms with E-state index in [1.54, 1.807) is 12.1 Å². The topological polar surface area (TPSA) is 57.8 Å². The SMILES string of the molecule is Cc1cccc(CNC(=O)c2cn[nH]c2-c2ccc(Cl)cc2)c1. The second-order valence-corrected chi connectivity index (χ2v) is 5.77. The van der Waals surface area contributed by atoms with Crippen LogP contribution < -0.4 is 5.32 Å². The van der Waals surface area contributed by atoms with Crippen molar-refractivity contribution >= 4 is 17.5 Å². The molecule has 1 heterocycles. The van der Waals surface area contributed by atoms with E-state index >= 15 is 0 Å². The summed E-state index contributed by atoms with van der Waals surface area (Å²) in [5, 5.41) is 10.4. The van der Waals surface area contributed by atoms with Crippen LogP contribution in [-0.2, 0) is 6.54 Å². The number of aromatic amines is 1. The summed E-state index contributed by atoms with van der Waals surface area (Å²) in [5.41, 5.74) is 4.30. The zero-order valence-electron chi connectivity index (χ0n) is 12.6. The van der Waals surface area contributed by atoms with Crippen molar-refractivity contribution < 1.29 is 4.79 Å². The summed E-state index contributed by atoms with van der Waals surface area (Å²) in [7, 11) is 0. The summed E-state index contributed by atoms with van der Waals surface area (Å²) in [6.45, 7) is 2.51. The molecule has 0 saturated carbocycles. The van der Waals surface area contributed by atoms with Crippen molar-refractivity contribution in [2.45, 2.75) is 13.5 Å². The maximum absolute atomic E-state index is 12.4. The number of carbonyl (C=O) groups is 1. The van der Waals surface area contributed by atoms with Gasteiger partial charge in [-0.05, 0) is 24.6 Å². The predicted octanol–water partition coefficient (Wildman–Crippen LogP) is 3.97. The molecule has 0 radical (unpaired) electrons. The van der Waals surface area contributed by atoms with Crippen LogP contribution in [0.15, 0.2) is 54.7 Å². The Kier molecular flexibility index (Phi) is 4.44. The number of hydrogen-bond donors (Lipinski definition) is 2. The van der Waals surface area contributed by atoms with Crippen LogP contribution in [0.2, 0.25) is 5.02 Å². The molecule has 1 aromatic heterocycles. The zero-order chi connectivity index (χ0) is 16.2. The Labute approximate surface area is 139 Å². The van der Waals surface area contributed by atoms with E-state index in [0.717, 1.165) is 11.1 Å². The van der Waals surface area contributed by atoms with Gasteiger partial charge in [0, 0.05) is 17.1 Å². The van der Waals surface area contributed by atoms with Gasteiger partial charge in [0.25, 0.3) is 5.91 Å². The standard InChI is InChI=1S/C18H16ClN3O/c1-12-3-2-4-13(9-12)10-20-18(23)16-11-21-22-17(16)14-5-7-15(19)8-6-14/h2-9,11H,10H2,1H3,(H,20,23)(H,21,22). The molecule has 3 aromatic rings. The molecule has 0 spiro atoms. The van der Waals surface area contributed by atoms with E-state index in [9.17, 15) is 4.79 Å². The highest BCUT2D eigenvalue weighted by molar-refractivity contribution is 6.30. The predicted molar refractivity (Wildman–Crippen MR) is 91.4 cm³/mol. The summed E-state index contributed by atoms with van der Waals surface area (Å²) in [6.07, 6.45) is 1.54. The number of aryl methyl sites for hydroxylation is 1. The minimum absolute atomic E-state index is 0.162. The third-order valence-electron chi connectivity index (χ3n) is 3.55. The summed E-state index contributed by atoms with van der Waals surface area (Å²) in [5.74, 6) is -0.162. The van der Waals surface area contributed by atoms with Crippen molar-refractivity contribution in [2.24, 2.45) is 0 Å². The second kappa shape index (κ2) is 6.67. The average Bonchev–Trinajstić information content (AvgIpc) is 3.03. The van der Waals surface area contributed by atoms with Crippen LogP contribution in [0.4, 0.5) is 0 Å². The summed E-state index contributed by atoms with van der Waals surface area (Å²) < 4.78 is 0. The maximum Gasteiger partial charge on any atom is 0.255 e. The number of carbonyl (C=O) groups excluding carboxylic acids is 1. The Bertz CT molecular complexity index is 824. The number of halogens is 1. The van der Waals surface area contributed by atoms with Gasteiger partial charge in [-0.3, -0.25) is 9.89 Å². The molecule has 0 aliphatic carbocycles. The van der Waals surface area contributed by atoms with E-state index in [-0.39, 0.29) is 5.91 Å². The fraction of sp³-hybridized carbons (Fsp3) is 0.111. The van der Waals surface area contributed by atoms with Gasteiger partial charge in [-0.1, -0.05) is 53.6 Å².